The van der Waals surface area contributed by atoms with Crippen molar-refractivity contribution in [2.75, 3.05) is 0 Å². The highest BCUT2D eigenvalue weighted by atomic mass is 35.5. The summed E-state index contributed by atoms with van der Waals surface area (Å²) in [6.45, 7) is 1.74. The van der Waals surface area contributed by atoms with Crippen molar-refractivity contribution in [1.29, 1.82) is 0 Å². The lowest BCUT2D eigenvalue weighted by Crippen LogP contribution is -2.11. The molecule has 1 rings (SSSR count). The molecule has 1 aromatic rings. The van der Waals surface area contributed by atoms with Gasteiger partial charge in [-0.2, -0.15) is 0 Å². The summed E-state index contributed by atoms with van der Waals surface area (Å²) >= 11 is 11.5. The van der Waals surface area contributed by atoms with Crippen molar-refractivity contribution in [3.8, 4) is 0 Å². The van der Waals surface area contributed by atoms with Crippen molar-refractivity contribution in [1.82, 2.24) is 0 Å². The summed E-state index contributed by atoms with van der Waals surface area (Å²) < 4.78 is 0. The van der Waals surface area contributed by atoms with Crippen LogP contribution in [0.25, 0.3) is 0 Å². The normalized spacial score (nSPS) is 12.6. The Labute approximate surface area is 90.9 Å². The van der Waals surface area contributed by atoms with Crippen LogP contribution < -0.4 is 0 Å². The predicted octanol–water partition coefficient (Wildman–Crippen LogP) is 2.42. The Bertz CT molecular complexity index is 377. The van der Waals surface area contributed by atoms with Crippen molar-refractivity contribution in [3.05, 3.63) is 33.3 Å². The number of carboxylic acids is 1. The molecule has 1 atom stereocenters. The molecule has 0 heterocycles. The van der Waals surface area contributed by atoms with E-state index in [-0.39, 0.29) is 15.6 Å². The van der Waals surface area contributed by atoms with Gasteiger partial charge in [0.2, 0.25) is 0 Å². The molecule has 0 aliphatic carbocycles. The lowest BCUT2D eigenvalue weighted by molar-refractivity contribution is -0.146. The van der Waals surface area contributed by atoms with Gasteiger partial charge < -0.3 is 10.2 Å². The first-order chi connectivity index (χ1) is 6.43. The van der Waals surface area contributed by atoms with Crippen LogP contribution in [0.3, 0.4) is 0 Å². The van der Waals surface area contributed by atoms with E-state index in [0.717, 1.165) is 5.56 Å². The maximum absolute atomic E-state index is 10.5. The van der Waals surface area contributed by atoms with Crippen LogP contribution in [0.5, 0.6) is 0 Å². The van der Waals surface area contributed by atoms with E-state index >= 15 is 0 Å². The molecular weight excluding hydrogens is 227 g/mol. The number of hydrogen-bond acceptors (Lipinski definition) is 2. The van der Waals surface area contributed by atoms with Crippen LogP contribution in [0.4, 0.5) is 0 Å². The van der Waals surface area contributed by atoms with E-state index < -0.39 is 12.1 Å². The van der Waals surface area contributed by atoms with E-state index in [4.69, 9.17) is 28.3 Å². The van der Waals surface area contributed by atoms with Crippen LogP contribution in [0, 0.1) is 6.92 Å². The Balaban J connectivity index is 3.26. The van der Waals surface area contributed by atoms with E-state index in [1.54, 1.807) is 13.0 Å². The fraction of sp³-hybridized carbons (Fsp3) is 0.222. The molecule has 1 aromatic carbocycles. The summed E-state index contributed by atoms with van der Waals surface area (Å²) in [4.78, 5) is 10.5. The van der Waals surface area contributed by atoms with Gasteiger partial charge in [-0.1, -0.05) is 29.3 Å². The van der Waals surface area contributed by atoms with Crippen molar-refractivity contribution in [2.45, 2.75) is 13.0 Å². The van der Waals surface area contributed by atoms with Crippen molar-refractivity contribution in [3.63, 3.8) is 0 Å². The Morgan fingerprint density at radius 1 is 1.43 bits per heavy atom. The van der Waals surface area contributed by atoms with Gasteiger partial charge in [0.1, 0.15) is 0 Å². The number of hydrogen-bond donors (Lipinski definition) is 2. The van der Waals surface area contributed by atoms with Gasteiger partial charge in [-0.05, 0) is 18.6 Å². The highest BCUT2D eigenvalue weighted by molar-refractivity contribution is 6.42. The van der Waals surface area contributed by atoms with Crippen molar-refractivity contribution < 1.29 is 15.0 Å². The number of carboxylic acid groups (broad SMARTS) is 1. The second kappa shape index (κ2) is 4.17. The molecule has 0 amide bonds. The van der Waals surface area contributed by atoms with Gasteiger partial charge >= 0.3 is 5.97 Å². The Hall–Kier alpha value is -0.770. The van der Waals surface area contributed by atoms with Gasteiger partial charge in [-0.25, -0.2) is 4.79 Å². The summed E-state index contributed by atoms with van der Waals surface area (Å²) in [5.74, 6) is -1.35. The number of aliphatic hydroxyl groups excluding tert-OH is 1. The molecule has 0 fully saturated rings. The molecule has 3 nitrogen and oxygen atoms in total. The molecule has 0 bridgehead atoms. The fourth-order valence-electron chi connectivity index (χ4n) is 1.08. The average molecular weight is 235 g/mol. The molecule has 14 heavy (non-hydrogen) atoms. The first-order valence-corrected chi connectivity index (χ1v) is 4.55. The Morgan fingerprint density at radius 2 is 2.00 bits per heavy atom. The third-order valence-electron chi connectivity index (χ3n) is 1.73. The summed E-state index contributed by atoms with van der Waals surface area (Å²) in [7, 11) is 0. The fourth-order valence-corrected chi connectivity index (χ4v) is 1.58. The van der Waals surface area contributed by atoms with E-state index in [1.165, 1.54) is 6.07 Å². The smallest absolute Gasteiger partial charge is 0.337 e. The van der Waals surface area contributed by atoms with Crippen molar-refractivity contribution in [2.24, 2.45) is 0 Å². The van der Waals surface area contributed by atoms with Crippen LogP contribution in [0.15, 0.2) is 12.1 Å². The number of benzene rings is 1. The van der Waals surface area contributed by atoms with Gasteiger partial charge in [0, 0.05) is 5.56 Å². The van der Waals surface area contributed by atoms with Crippen molar-refractivity contribution >= 4 is 29.2 Å². The third kappa shape index (κ3) is 2.18. The van der Waals surface area contributed by atoms with Crippen LogP contribution in [-0.2, 0) is 4.79 Å². The standard InChI is InChI=1S/C9H8Cl2O3/c1-4-2-5(8(12)9(13)14)7(11)6(10)3-4/h2-3,8,12H,1H3,(H,13,14)/t8-/m0/s1. The van der Waals surface area contributed by atoms with E-state index in [2.05, 4.69) is 0 Å². The number of aliphatic carboxylic acids is 1. The largest absolute Gasteiger partial charge is 0.479 e. The molecule has 0 spiro atoms. The quantitative estimate of drug-likeness (QED) is 0.827. The molecule has 0 unspecified atom stereocenters. The molecular formula is C9H8Cl2O3. The van der Waals surface area contributed by atoms with Gasteiger partial charge in [-0.15, -0.1) is 0 Å². The molecule has 0 aromatic heterocycles. The van der Waals surface area contributed by atoms with Gasteiger partial charge in [0.15, 0.2) is 6.10 Å². The third-order valence-corrected chi connectivity index (χ3v) is 2.55. The zero-order chi connectivity index (χ0) is 10.9. The van der Waals surface area contributed by atoms with Crippen LogP contribution in [0.1, 0.15) is 17.2 Å². The second-order valence-electron chi connectivity index (χ2n) is 2.89. The Morgan fingerprint density at radius 3 is 2.50 bits per heavy atom. The summed E-state index contributed by atoms with van der Waals surface area (Å²) in [5.41, 5.74) is 0.860. The molecule has 0 aliphatic rings. The van der Waals surface area contributed by atoms with Crippen LogP contribution in [-0.4, -0.2) is 16.2 Å². The number of rotatable bonds is 2. The first kappa shape index (κ1) is 11.3. The summed E-state index contributed by atoms with van der Waals surface area (Å²) in [5, 5.41) is 18.2. The monoisotopic (exact) mass is 234 g/mol. The highest BCUT2D eigenvalue weighted by Crippen LogP contribution is 2.31. The number of halogens is 2. The van der Waals surface area contributed by atoms with Gasteiger partial charge in [0.05, 0.1) is 10.0 Å². The molecule has 0 radical (unpaired) electrons. The zero-order valence-electron chi connectivity index (χ0n) is 7.29. The predicted molar refractivity (Wildman–Crippen MR) is 53.8 cm³/mol. The van der Waals surface area contributed by atoms with E-state index in [1.807, 2.05) is 0 Å². The minimum atomic E-state index is -1.64. The number of carbonyl (C=O) groups is 1. The minimum Gasteiger partial charge on any atom is -0.479 e. The summed E-state index contributed by atoms with van der Waals surface area (Å²) in [6, 6.07) is 3.09. The minimum absolute atomic E-state index is 0.0761. The van der Waals surface area contributed by atoms with Gasteiger partial charge in [0.25, 0.3) is 0 Å². The van der Waals surface area contributed by atoms with Crippen LogP contribution in [0.2, 0.25) is 10.0 Å². The van der Waals surface area contributed by atoms with Crippen LogP contribution >= 0.6 is 23.2 Å². The lowest BCUT2D eigenvalue weighted by atomic mass is 10.1. The van der Waals surface area contributed by atoms with E-state index in [0.29, 0.717) is 0 Å². The van der Waals surface area contributed by atoms with Gasteiger partial charge in [-0.3, -0.25) is 0 Å². The summed E-state index contributed by atoms with van der Waals surface area (Å²) in [6.07, 6.45) is -1.64. The first-order valence-electron chi connectivity index (χ1n) is 3.80. The molecule has 76 valence electrons. The molecule has 0 saturated carbocycles. The molecule has 2 N–H and O–H groups in total. The molecule has 5 heteroatoms. The molecule has 0 aliphatic heterocycles. The average Bonchev–Trinajstić information content (AvgIpc) is 2.09. The highest BCUT2D eigenvalue weighted by Gasteiger charge is 2.20. The number of aliphatic hydroxyl groups is 1. The topological polar surface area (TPSA) is 57.5 Å². The zero-order valence-corrected chi connectivity index (χ0v) is 8.80. The lowest BCUT2D eigenvalue weighted by Gasteiger charge is -2.10. The number of aryl methyl sites for hydroxylation is 1. The Kier molecular flexibility index (Phi) is 3.37. The second-order valence-corrected chi connectivity index (χ2v) is 3.68. The van der Waals surface area contributed by atoms with E-state index in [9.17, 15) is 9.90 Å². The SMILES string of the molecule is Cc1cc(Cl)c(Cl)c([C@H](O)C(=O)O)c1. The maximum Gasteiger partial charge on any atom is 0.337 e. The molecule has 0 saturated heterocycles. The maximum atomic E-state index is 10.5.